The zero-order valence-corrected chi connectivity index (χ0v) is 20.7. The zero-order valence-electron chi connectivity index (χ0n) is 19.8. The van der Waals surface area contributed by atoms with Gasteiger partial charge in [-0.1, -0.05) is 24.6 Å². The maximum atomic E-state index is 13.4. The molecule has 33 heavy (non-hydrogen) atoms. The van der Waals surface area contributed by atoms with Crippen molar-refractivity contribution < 1.29 is 19.1 Å². The Bertz CT molecular complexity index is 899. The molecule has 0 saturated heterocycles. The van der Waals surface area contributed by atoms with Crippen LogP contribution in [0.15, 0.2) is 35.7 Å². The minimum absolute atomic E-state index is 0.0414. The summed E-state index contributed by atoms with van der Waals surface area (Å²) in [7, 11) is 1.64. The summed E-state index contributed by atoms with van der Waals surface area (Å²) in [6, 6.07) is 9.65. The van der Waals surface area contributed by atoms with E-state index in [4.69, 9.17) is 9.47 Å². The molecule has 8 heteroatoms. The van der Waals surface area contributed by atoms with Crippen LogP contribution in [0.4, 0.5) is 4.79 Å². The fourth-order valence-electron chi connectivity index (χ4n) is 3.93. The Hall–Kier alpha value is -2.58. The number of fused-ring (bicyclic) bond motifs is 1. The largest absolute Gasteiger partial charge is 0.491 e. The highest BCUT2D eigenvalue weighted by Gasteiger charge is 2.33. The van der Waals surface area contributed by atoms with Gasteiger partial charge >= 0.3 is 6.03 Å². The number of hydrogen-bond acceptors (Lipinski definition) is 5. The third-order valence-electron chi connectivity index (χ3n) is 5.76. The Labute approximate surface area is 200 Å². The maximum Gasteiger partial charge on any atom is 0.317 e. The number of rotatable bonds is 11. The minimum Gasteiger partial charge on any atom is -0.491 e. The average Bonchev–Trinajstić information content (AvgIpc) is 3.30. The second-order valence-corrected chi connectivity index (χ2v) is 9.28. The van der Waals surface area contributed by atoms with Crippen LogP contribution >= 0.6 is 11.3 Å². The average molecular weight is 474 g/mol. The van der Waals surface area contributed by atoms with Gasteiger partial charge in [0, 0.05) is 38.2 Å². The maximum absolute atomic E-state index is 13.4. The molecule has 1 aliphatic rings. The number of ether oxygens (including phenoxy) is 2. The summed E-state index contributed by atoms with van der Waals surface area (Å²) in [4.78, 5) is 30.9. The molecule has 0 bridgehead atoms. The number of hydrogen-bond donors (Lipinski definition) is 1. The third kappa shape index (κ3) is 6.95. The Morgan fingerprint density at radius 2 is 2.03 bits per heavy atom. The lowest BCUT2D eigenvalue weighted by Gasteiger charge is -2.37. The second kappa shape index (κ2) is 12.6. The normalized spacial score (nSPS) is 15.1. The van der Waals surface area contributed by atoms with E-state index < -0.39 is 0 Å². The van der Waals surface area contributed by atoms with Crippen molar-refractivity contribution in [1.29, 1.82) is 0 Å². The van der Waals surface area contributed by atoms with Crippen molar-refractivity contribution in [3.8, 4) is 5.75 Å². The van der Waals surface area contributed by atoms with Crippen LogP contribution in [0.5, 0.6) is 5.75 Å². The van der Waals surface area contributed by atoms with E-state index in [2.05, 4.69) is 16.8 Å². The van der Waals surface area contributed by atoms with Gasteiger partial charge in [0.2, 0.25) is 5.91 Å². The lowest BCUT2D eigenvalue weighted by molar-refractivity contribution is -0.135. The summed E-state index contributed by atoms with van der Waals surface area (Å²) in [6.45, 7) is 6.69. The molecule has 0 aliphatic carbocycles. The van der Waals surface area contributed by atoms with Gasteiger partial charge in [-0.05, 0) is 55.3 Å². The van der Waals surface area contributed by atoms with Crippen molar-refractivity contribution in [1.82, 2.24) is 15.1 Å². The van der Waals surface area contributed by atoms with Crippen LogP contribution in [-0.4, -0.2) is 68.2 Å². The molecule has 2 aromatic rings. The molecule has 0 spiro atoms. The Kier molecular flexibility index (Phi) is 9.57. The van der Waals surface area contributed by atoms with Gasteiger partial charge in [0.1, 0.15) is 18.9 Å². The molecule has 0 saturated carbocycles. The fourth-order valence-corrected chi connectivity index (χ4v) is 4.86. The number of thiophene rings is 1. The van der Waals surface area contributed by atoms with Crippen molar-refractivity contribution >= 4 is 23.3 Å². The highest BCUT2D eigenvalue weighted by atomic mass is 32.1. The van der Waals surface area contributed by atoms with E-state index in [9.17, 15) is 9.59 Å². The number of aryl methyl sites for hydroxylation is 1. The van der Waals surface area contributed by atoms with E-state index in [0.29, 0.717) is 39.3 Å². The molecule has 7 nitrogen and oxygen atoms in total. The first-order chi connectivity index (χ1) is 16.0. The highest BCUT2D eigenvalue weighted by Crippen LogP contribution is 2.34. The van der Waals surface area contributed by atoms with Crippen LogP contribution in [0, 0.1) is 6.92 Å². The summed E-state index contributed by atoms with van der Waals surface area (Å²) >= 11 is 1.73. The Morgan fingerprint density at radius 1 is 1.24 bits per heavy atom. The number of methoxy groups -OCH3 is 1. The zero-order chi connectivity index (χ0) is 23.6. The molecule has 1 atom stereocenters. The Balaban J connectivity index is 1.71. The monoisotopic (exact) mass is 473 g/mol. The van der Waals surface area contributed by atoms with Crippen molar-refractivity contribution in [2.45, 2.75) is 39.2 Å². The molecular weight excluding hydrogens is 438 g/mol. The molecule has 180 valence electrons. The standard InChI is InChI=1S/C25H35N3O4S/c1-4-12-26-25(30)27(13-5-15-31-3)17-24(29)28-14-10-23-21(11-16-33-23)22(28)18-32-20-8-6-19(2)7-9-20/h6-9,11,16,22H,4-5,10,12-15,17-18H2,1-3H3,(H,26,30)/t22-/m0/s1. The first-order valence-corrected chi connectivity index (χ1v) is 12.5. The lowest BCUT2D eigenvalue weighted by Crippen LogP contribution is -2.50. The molecule has 1 aromatic carbocycles. The number of amides is 3. The molecule has 0 unspecified atom stereocenters. The quantitative estimate of drug-likeness (QED) is 0.501. The summed E-state index contributed by atoms with van der Waals surface area (Å²) in [5.41, 5.74) is 2.32. The van der Waals surface area contributed by atoms with E-state index in [1.54, 1.807) is 23.3 Å². The molecule has 0 radical (unpaired) electrons. The Morgan fingerprint density at radius 3 is 2.76 bits per heavy atom. The molecule has 3 rings (SSSR count). The van der Waals surface area contributed by atoms with Gasteiger partial charge in [-0.3, -0.25) is 4.79 Å². The lowest BCUT2D eigenvalue weighted by atomic mass is 10.0. The number of nitrogens with one attached hydrogen (secondary N) is 1. The van der Waals surface area contributed by atoms with Crippen LogP contribution in [-0.2, 0) is 16.0 Å². The summed E-state index contributed by atoms with van der Waals surface area (Å²) in [5.74, 6) is 0.726. The summed E-state index contributed by atoms with van der Waals surface area (Å²) in [5, 5.41) is 4.97. The van der Waals surface area contributed by atoms with E-state index in [1.807, 2.05) is 43.0 Å². The van der Waals surface area contributed by atoms with Crippen LogP contribution in [0.1, 0.15) is 41.8 Å². The van der Waals surface area contributed by atoms with Gasteiger partial charge in [-0.15, -0.1) is 11.3 Å². The van der Waals surface area contributed by atoms with Crippen molar-refractivity contribution in [3.05, 3.63) is 51.7 Å². The molecular formula is C25H35N3O4S. The summed E-state index contributed by atoms with van der Waals surface area (Å²) < 4.78 is 11.2. The van der Waals surface area contributed by atoms with Gasteiger partial charge in [0.05, 0.1) is 6.04 Å². The van der Waals surface area contributed by atoms with Crippen LogP contribution < -0.4 is 10.1 Å². The highest BCUT2D eigenvalue weighted by molar-refractivity contribution is 7.10. The minimum atomic E-state index is -0.206. The SMILES string of the molecule is CCCNC(=O)N(CCCOC)CC(=O)N1CCc2sccc2[C@@H]1COc1ccc(C)cc1. The molecule has 1 N–H and O–H groups in total. The molecule has 2 heterocycles. The molecule has 0 fully saturated rings. The smallest absolute Gasteiger partial charge is 0.317 e. The van der Waals surface area contributed by atoms with Crippen LogP contribution in [0.2, 0.25) is 0 Å². The number of carbonyl (C=O) groups is 2. The number of urea groups is 1. The molecule has 3 amide bonds. The van der Waals surface area contributed by atoms with Gasteiger partial charge < -0.3 is 24.6 Å². The number of benzene rings is 1. The van der Waals surface area contributed by atoms with Crippen molar-refractivity contribution in [2.75, 3.05) is 46.5 Å². The van der Waals surface area contributed by atoms with Crippen LogP contribution in [0.3, 0.4) is 0 Å². The van der Waals surface area contributed by atoms with Gasteiger partial charge in [-0.2, -0.15) is 0 Å². The predicted octanol–water partition coefficient (Wildman–Crippen LogP) is 4.02. The number of nitrogens with zero attached hydrogens (tertiary/aromatic N) is 2. The first kappa shape index (κ1) is 25.1. The molecule has 1 aromatic heterocycles. The van der Waals surface area contributed by atoms with E-state index in [0.717, 1.165) is 24.2 Å². The van der Waals surface area contributed by atoms with Gasteiger partial charge in [-0.25, -0.2) is 4.79 Å². The van der Waals surface area contributed by atoms with Gasteiger partial charge in [0.15, 0.2) is 0 Å². The first-order valence-electron chi connectivity index (χ1n) is 11.6. The second-order valence-electron chi connectivity index (χ2n) is 8.28. The van der Waals surface area contributed by atoms with Crippen LogP contribution in [0.25, 0.3) is 0 Å². The van der Waals surface area contributed by atoms with E-state index in [1.165, 1.54) is 10.4 Å². The predicted molar refractivity (Wildman–Crippen MR) is 131 cm³/mol. The number of carbonyl (C=O) groups excluding carboxylic acids is 2. The topological polar surface area (TPSA) is 71.1 Å². The fraction of sp³-hybridized carbons (Fsp3) is 0.520. The van der Waals surface area contributed by atoms with Crippen molar-refractivity contribution in [3.63, 3.8) is 0 Å². The van der Waals surface area contributed by atoms with E-state index >= 15 is 0 Å². The third-order valence-corrected chi connectivity index (χ3v) is 6.76. The van der Waals surface area contributed by atoms with E-state index in [-0.39, 0.29) is 24.5 Å². The molecule has 1 aliphatic heterocycles. The van der Waals surface area contributed by atoms with Crippen molar-refractivity contribution in [2.24, 2.45) is 0 Å². The summed E-state index contributed by atoms with van der Waals surface area (Å²) in [6.07, 6.45) is 2.35. The van der Waals surface area contributed by atoms with Gasteiger partial charge in [0.25, 0.3) is 0 Å².